The van der Waals surface area contributed by atoms with Crippen molar-refractivity contribution in [2.45, 2.75) is 32.6 Å². The molecule has 0 aliphatic carbocycles. The van der Waals surface area contributed by atoms with E-state index in [0.29, 0.717) is 6.42 Å². The Morgan fingerprint density at radius 1 is 1.32 bits per heavy atom. The second-order valence-electron chi connectivity index (χ2n) is 4.74. The van der Waals surface area contributed by atoms with E-state index in [4.69, 9.17) is 0 Å². The van der Waals surface area contributed by atoms with E-state index in [1.807, 2.05) is 24.3 Å². The summed E-state index contributed by atoms with van der Waals surface area (Å²) in [6, 6.07) is 7.82. The van der Waals surface area contributed by atoms with Crippen LogP contribution in [0.25, 0.3) is 0 Å². The number of hydrogen-bond donors (Lipinski definition) is 2. The molecule has 0 radical (unpaired) electrons. The average molecular weight is 259 g/mol. The van der Waals surface area contributed by atoms with Crippen LogP contribution in [0.3, 0.4) is 0 Å². The van der Waals surface area contributed by atoms with E-state index in [1.54, 1.807) is 0 Å². The zero-order valence-electron chi connectivity index (χ0n) is 11.4. The highest BCUT2D eigenvalue weighted by Gasteiger charge is 2.08. The van der Waals surface area contributed by atoms with Crippen molar-refractivity contribution in [2.24, 2.45) is 4.99 Å². The molecule has 2 N–H and O–H groups in total. The quantitative estimate of drug-likeness (QED) is 0.771. The van der Waals surface area contributed by atoms with Gasteiger partial charge in [0.15, 0.2) is 0 Å². The summed E-state index contributed by atoms with van der Waals surface area (Å²) in [5, 5.41) is 6.15. The molecule has 1 aliphatic rings. The number of carbonyl (C=O) groups excluding carboxylic acids is 1. The SMILES string of the molecule is CCCCCC(=O)Nc1ccc(C2=NCCN2)cc1. The lowest BCUT2D eigenvalue weighted by molar-refractivity contribution is -0.116. The Morgan fingerprint density at radius 2 is 2.11 bits per heavy atom. The average Bonchev–Trinajstić information content (AvgIpc) is 2.94. The van der Waals surface area contributed by atoms with Gasteiger partial charge in [0.05, 0.1) is 6.54 Å². The summed E-state index contributed by atoms with van der Waals surface area (Å²) in [5.41, 5.74) is 1.92. The van der Waals surface area contributed by atoms with Crippen LogP contribution in [-0.4, -0.2) is 24.8 Å². The van der Waals surface area contributed by atoms with E-state index in [-0.39, 0.29) is 5.91 Å². The highest BCUT2D eigenvalue weighted by molar-refractivity contribution is 6.00. The second kappa shape index (κ2) is 6.92. The minimum Gasteiger partial charge on any atom is -0.368 e. The van der Waals surface area contributed by atoms with Crippen molar-refractivity contribution in [3.05, 3.63) is 29.8 Å². The van der Waals surface area contributed by atoms with Gasteiger partial charge in [0.1, 0.15) is 5.84 Å². The minimum atomic E-state index is 0.0949. The fourth-order valence-corrected chi connectivity index (χ4v) is 2.06. The number of unbranched alkanes of at least 4 members (excludes halogenated alkanes) is 2. The number of amides is 1. The number of rotatable bonds is 6. The van der Waals surface area contributed by atoms with Gasteiger partial charge in [-0.25, -0.2) is 0 Å². The summed E-state index contributed by atoms with van der Waals surface area (Å²) in [6.45, 7) is 3.88. The number of carbonyl (C=O) groups is 1. The van der Waals surface area contributed by atoms with Gasteiger partial charge in [-0.2, -0.15) is 0 Å². The van der Waals surface area contributed by atoms with Crippen LogP contribution in [0.15, 0.2) is 29.3 Å². The van der Waals surface area contributed by atoms with Gasteiger partial charge in [0.25, 0.3) is 0 Å². The van der Waals surface area contributed by atoms with Gasteiger partial charge in [0, 0.05) is 24.2 Å². The van der Waals surface area contributed by atoms with E-state index in [2.05, 4.69) is 22.5 Å². The molecule has 1 aliphatic heterocycles. The van der Waals surface area contributed by atoms with Gasteiger partial charge in [0.2, 0.25) is 5.91 Å². The summed E-state index contributed by atoms with van der Waals surface area (Å²) in [6.07, 6.45) is 3.81. The van der Waals surface area contributed by atoms with E-state index in [9.17, 15) is 4.79 Å². The van der Waals surface area contributed by atoms with Crippen molar-refractivity contribution in [1.82, 2.24) is 5.32 Å². The van der Waals surface area contributed by atoms with Gasteiger partial charge in [-0.05, 0) is 30.7 Å². The molecule has 0 spiro atoms. The molecule has 0 fully saturated rings. The summed E-state index contributed by atoms with van der Waals surface area (Å²) < 4.78 is 0. The molecule has 0 unspecified atom stereocenters. The molecule has 1 amide bonds. The highest BCUT2D eigenvalue weighted by Crippen LogP contribution is 2.12. The third-order valence-corrected chi connectivity index (χ3v) is 3.12. The van der Waals surface area contributed by atoms with E-state index >= 15 is 0 Å². The third-order valence-electron chi connectivity index (χ3n) is 3.12. The normalized spacial score (nSPS) is 13.8. The van der Waals surface area contributed by atoms with Gasteiger partial charge in [-0.1, -0.05) is 19.8 Å². The molecule has 1 aromatic carbocycles. The molecule has 102 valence electrons. The maximum absolute atomic E-state index is 11.7. The maximum atomic E-state index is 11.7. The molecule has 0 saturated carbocycles. The first-order chi connectivity index (χ1) is 9.29. The van der Waals surface area contributed by atoms with Crippen LogP contribution in [0, 0.1) is 0 Å². The predicted octanol–water partition coefficient (Wildman–Crippen LogP) is 2.56. The summed E-state index contributed by atoms with van der Waals surface area (Å²) in [7, 11) is 0. The minimum absolute atomic E-state index is 0.0949. The largest absolute Gasteiger partial charge is 0.368 e. The summed E-state index contributed by atoms with van der Waals surface area (Å²) in [5.74, 6) is 1.04. The Balaban J connectivity index is 1.86. The van der Waals surface area contributed by atoms with Gasteiger partial charge < -0.3 is 10.6 Å². The third kappa shape index (κ3) is 4.09. The Kier molecular flexibility index (Phi) is 4.95. The summed E-state index contributed by atoms with van der Waals surface area (Å²) in [4.78, 5) is 16.0. The molecule has 1 heterocycles. The Bertz CT molecular complexity index is 451. The van der Waals surface area contributed by atoms with E-state index < -0.39 is 0 Å². The Labute approximate surface area is 114 Å². The first-order valence-corrected chi connectivity index (χ1v) is 6.98. The standard InChI is InChI=1S/C15H21N3O/c1-2-3-4-5-14(19)18-13-8-6-12(7-9-13)15-16-10-11-17-15/h6-9H,2-5,10-11H2,1H3,(H,16,17)(H,18,19). The van der Waals surface area contributed by atoms with Crippen molar-refractivity contribution < 1.29 is 4.79 Å². The molecular weight excluding hydrogens is 238 g/mol. The van der Waals surface area contributed by atoms with Gasteiger partial charge in [-0.3, -0.25) is 9.79 Å². The molecule has 0 aromatic heterocycles. The lowest BCUT2D eigenvalue weighted by Crippen LogP contribution is -2.19. The number of benzene rings is 1. The molecule has 0 atom stereocenters. The van der Waals surface area contributed by atoms with Crippen LogP contribution >= 0.6 is 0 Å². The number of anilines is 1. The van der Waals surface area contributed by atoms with Crippen LogP contribution in [0.2, 0.25) is 0 Å². The first-order valence-electron chi connectivity index (χ1n) is 6.98. The molecule has 4 heteroatoms. The number of nitrogens with zero attached hydrogens (tertiary/aromatic N) is 1. The molecule has 0 saturated heterocycles. The molecule has 0 bridgehead atoms. The van der Waals surface area contributed by atoms with E-state index in [1.165, 1.54) is 0 Å². The zero-order valence-corrected chi connectivity index (χ0v) is 11.4. The van der Waals surface area contributed by atoms with Gasteiger partial charge >= 0.3 is 0 Å². The Morgan fingerprint density at radius 3 is 2.74 bits per heavy atom. The predicted molar refractivity (Wildman–Crippen MR) is 78.6 cm³/mol. The molecule has 19 heavy (non-hydrogen) atoms. The first kappa shape index (κ1) is 13.6. The van der Waals surface area contributed by atoms with Crippen LogP contribution < -0.4 is 10.6 Å². The Hall–Kier alpha value is -1.84. The van der Waals surface area contributed by atoms with Crippen LogP contribution in [0.1, 0.15) is 38.2 Å². The van der Waals surface area contributed by atoms with Crippen molar-refractivity contribution >= 4 is 17.4 Å². The monoisotopic (exact) mass is 259 g/mol. The molecule has 1 aromatic rings. The van der Waals surface area contributed by atoms with Crippen molar-refractivity contribution in [3.63, 3.8) is 0 Å². The molecular formula is C15H21N3O. The number of hydrogen-bond acceptors (Lipinski definition) is 3. The van der Waals surface area contributed by atoms with Crippen molar-refractivity contribution in [2.75, 3.05) is 18.4 Å². The number of aliphatic imine (C=N–C) groups is 1. The molecule has 2 rings (SSSR count). The fourth-order valence-electron chi connectivity index (χ4n) is 2.06. The van der Waals surface area contributed by atoms with Crippen LogP contribution in [0.5, 0.6) is 0 Å². The van der Waals surface area contributed by atoms with E-state index in [0.717, 1.165) is 49.4 Å². The smallest absolute Gasteiger partial charge is 0.224 e. The number of nitrogens with one attached hydrogen (secondary N) is 2. The van der Waals surface area contributed by atoms with Gasteiger partial charge in [-0.15, -0.1) is 0 Å². The van der Waals surface area contributed by atoms with Crippen LogP contribution in [0.4, 0.5) is 5.69 Å². The second-order valence-corrected chi connectivity index (χ2v) is 4.74. The highest BCUT2D eigenvalue weighted by atomic mass is 16.1. The lowest BCUT2D eigenvalue weighted by atomic mass is 10.1. The van der Waals surface area contributed by atoms with Crippen LogP contribution in [-0.2, 0) is 4.79 Å². The summed E-state index contributed by atoms with van der Waals surface area (Å²) >= 11 is 0. The van der Waals surface area contributed by atoms with Crippen molar-refractivity contribution in [3.8, 4) is 0 Å². The lowest BCUT2D eigenvalue weighted by Gasteiger charge is -2.07. The maximum Gasteiger partial charge on any atom is 0.224 e. The van der Waals surface area contributed by atoms with Crippen molar-refractivity contribution in [1.29, 1.82) is 0 Å². The number of amidine groups is 1. The fraction of sp³-hybridized carbons (Fsp3) is 0.467. The topological polar surface area (TPSA) is 53.5 Å². The molecule has 4 nitrogen and oxygen atoms in total. The zero-order chi connectivity index (χ0) is 13.5.